The highest BCUT2D eigenvalue weighted by Crippen LogP contribution is 2.16. The molecule has 82 valence electrons. The Balaban J connectivity index is 2.68. The quantitative estimate of drug-likeness (QED) is 0.808. The van der Waals surface area contributed by atoms with Crippen molar-refractivity contribution in [2.75, 3.05) is 0 Å². The highest BCUT2D eigenvalue weighted by atomic mass is 16.5. The smallest absolute Gasteiger partial charge is 0.344 e. The SMILES string of the molecule is CCCc1cccc(OC(C)C(=O)O)c1. The number of rotatable bonds is 5. The first-order chi connectivity index (χ1) is 7.13. The maximum atomic E-state index is 10.6. The van der Waals surface area contributed by atoms with E-state index in [1.54, 1.807) is 6.07 Å². The Labute approximate surface area is 89.7 Å². The molecule has 1 atom stereocenters. The summed E-state index contributed by atoms with van der Waals surface area (Å²) in [5, 5.41) is 8.69. The molecule has 0 aliphatic rings. The molecule has 0 amide bonds. The van der Waals surface area contributed by atoms with Crippen molar-refractivity contribution in [2.24, 2.45) is 0 Å². The van der Waals surface area contributed by atoms with Gasteiger partial charge in [-0.2, -0.15) is 0 Å². The van der Waals surface area contributed by atoms with Crippen molar-refractivity contribution in [3.63, 3.8) is 0 Å². The molecule has 1 unspecified atom stereocenters. The Morgan fingerprint density at radius 1 is 1.53 bits per heavy atom. The number of ether oxygens (including phenoxy) is 1. The molecule has 0 heterocycles. The Morgan fingerprint density at radius 2 is 2.27 bits per heavy atom. The second-order valence-electron chi connectivity index (χ2n) is 3.50. The molecule has 0 radical (unpaired) electrons. The van der Waals surface area contributed by atoms with E-state index in [1.807, 2.05) is 18.2 Å². The van der Waals surface area contributed by atoms with Crippen LogP contribution < -0.4 is 4.74 Å². The van der Waals surface area contributed by atoms with Gasteiger partial charge in [0.1, 0.15) is 5.75 Å². The van der Waals surface area contributed by atoms with Gasteiger partial charge in [-0.3, -0.25) is 0 Å². The van der Waals surface area contributed by atoms with Crippen molar-refractivity contribution >= 4 is 5.97 Å². The lowest BCUT2D eigenvalue weighted by Gasteiger charge is -2.11. The van der Waals surface area contributed by atoms with Crippen molar-refractivity contribution < 1.29 is 14.6 Å². The number of carboxylic acids is 1. The molecule has 0 saturated carbocycles. The van der Waals surface area contributed by atoms with Crippen LogP contribution in [0.15, 0.2) is 24.3 Å². The Kier molecular flexibility index (Phi) is 4.16. The van der Waals surface area contributed by atoms with E-state index >= 15 is 0 Å². The van der Waals surface area contributed by atoms with Crippen LogP contribution in [0.5, 0.6) is 5.75 Å². The number of hydrogen-bond donors (Lipinski definition) is 1. The van der Waals surface area contributed by atoms with Gasteiger partial charge in [-0.1, -0.05) is 25.5 Å². The summed E-state index contributed by atoms with van der Waals surface area (Å²) >= 11 is 0. The summed E-state index contributed by atoms with van der Waals surface area (Å²) in [6.07, 6.45) is 1.25. The Morgan fingerprint density at radius 3 is 2.87 bits per heavy atom. The zero-order chi connectivity index (χ0) is 11.3. The summed E-state index contributed by atoms with van der Waals surface area (Å²) in [4.78, 5) is 10.6. The zero-order valence-electron chi connectivity index (χ0n) is 9.06. The van der Waals surface area contributed by atoms with Crippen LogP contribution in [0.25, 0.3) is 0 Å². The van der Waals surface area contributed by atoms with Crippen molar-refractivity contribution in [3.8, 4) is 5.75 Å². The Bertz CT molecular complexity index is 333. The van der Waals surface area contributed by atoms with Gasteiger partial charge >= 0.3 is 5.97 Å². The topological polar surface area (TPSA) is 46.5 Å². The number of benzene rings is 1. The highest BCUT2D eigenvalue weighted by Gasteiger charge is 2.12. The first-order valence-corrected chi connectivity index (χ1v) is 5.12. The van der Waals surface area contributed by atoms with Gasteiger partial charge in [0, 0.05) is 0 Å². The van der Waals surface area contributed by atoms with Crippen molar-refractivity contribution in [1.29, 1.82) is 0 Å². The fraction of sp³-hybridized carbons (Fsp3) is 0.417. The van der Waals surface area contributed by atoms with Crippen molar-refractivity contribution in [1.82, 2.24) is 0 Å². The van der Waals surface area contributed by atoms with Crippen molar-refractivity contribution in [2.45, 2.75) is 32.8 Å². The minimum atomic E-state index is -0.948. The third kappa shape index (κ3) is 3.62. The second kappa shape index (κ2) is 5.39. The Hall–Kier alpha value is -1.51. The molecular formula is C12H16O3. The number of aryl methyl sites for hydroxylation is 1. The monoisotopic (exact) mass is 208 g/mol. The van der Waals surface area contributed by atoms with E-state index in [2.05, 4.69) is 6.92 Å². The predicted octanol–water partition coefficient (Wildman–Crippen LogP) is 2.49. The average Bonchev–Trinajstić information content (AvgIpc) is 2.18. The van der Waals surface area contributed by atoms with Crippen molar-refractivity contribution in [3.05, 3.63) is 29.8 Å². The number of carboxylic acid groups (broad SMARTS) is 1. The minimum Gasteiger partial charge on any atom is -0.479 e. The number of aliphatic carboxylic acids is 1. The lowest BCUT2D eigenvalue weighted by atomic mass is 10.1. The molecule has 0 bridgehead atoms. The van der Waals surface area contributed by atoms with E-state index < -0.39 is 12.1 Å². The number of hydrogen-bond acceptors (Lipinski definition) is 2. The van der Waals surface area contributed by atoms with E-state index in [0.29, 0.717) is 5.75 Å². The van der Waals surface area contributed by atoms with Crippen LogP contribution in [-0.2, 0) is 11.2 Å². The van der Waals surface area contributed by atoms with Gasteiger partial charge in [0.15, 0.2) is 6.10 Å². The first kappa shape index (κ1) is 11.6. The maximum absolute atomic E-state index is 10.6. The lowest BCUT2D eigenvalue weighted by Crippen LogP contribution is -2.22. The summed E-state index contributed by atoms with van der Waals surface area (Å²) in [5.74, 6) is -0.327. The molecule has 15 heavy (non-hydrogen) atoms. The molecule has 1 N–H and O–H groups in total. The van der Waals surface area contributed by atoms with Gasteiger partial charge in [0.25, 0.3) is 0 Å². The van der Waals surface area contributed by atoms with Crippen LogP contribution in [0.1, 0.15) is 25.8 Å². The van der Waals surface area contributed by atoms with E-state index in [1.165, 1.54) is 12.5 Å². The van der Waals surface area contributed by atoms with Gasteiger partial charge in [-0.25, -0.2) is 4.79 Å². The van der Waals surface area contributed by atoms with Crippen LogP contribution in [-0.4, -0.2) is 17.2 Å². The van der Waals surface area contributed by atoms with E-state index in [-0.39, 0.29) is 0 Å². The summed E-state index contributed by atoms with van der Waals surface area (Å²) in [5.41, 5.74) is 1.17. The molecule has 1 rings (SSSR count). The van der Waals surface area contributed by atoms with E-state index in [9.17, 15) is 4.79 Å². The zero-order valence-corrected chi connectivity index (χ0v) is 9.06. The van der Waals surface area contributed by atoms with Gasteiger partial charge in [-0.15, -0.1) is 0 Å². The fourth-order valence-electron chi connectivity index (χ4n) is 1.32. The molecule has 0 saturated heterocycles. The van der Waals surface area contributed by atoms with Gasteiger partial charge < -0.3 is 9.84 Å². The summed E-state index contributed by atoms with van der Waals surface area (Å²) in [7, 11) is 0. The molecule has 0 aliphatic carbocycles. The molecule has 3 nitrogen and oxygen atoms in total. The third-order valence-corrected chi connectivity index (χ3v) is 2.10. The molecule has 0 aliphatic heterocycles. The highest BCUT2D eigenvalue weighted by molar-refractivity contribution is 5.72. The van der Waals surface area contributed by atoms with E-state index in [0.717, 1.165) is 12.8 Å². The largest absolute Gasteiger partial charge is 0.479 e. The molecule has 3 heteroatoms. The van der Waals surface area contributed by atoms with E-state index in [4.69, 9.17) is 9.84 Å². The normalized spacial score (nSPS) is 12.1. The average molecular weight is 208 g/mol. The maximum Gasteiger partial charge on any atom is 0.344 e. The molecule has 1 aromatic rings. The summed E-state index contributed by atoms with van der Waals surface area (Å²) < 4.78 is 5.26. The van der Waals surface area contributed by atoms with Crippen LogP contribution in [0.4, 0.5) is 0 Å². The van der Waals surface area contributed by atoms with Crippen LogP contribution in [0, 0.1) is 0 Å². The standard InChI is InChI=1S/C12H16O3/c1-3-5-10-6-4-7-11(8-10)15-9(2)12(13)14/h4,6-9H,3,5H2,1-2H3,(H,13,14). The summed E-state index contributed by atoms with van der Waals surface area (Å²) in [6, 6.07) is 7.57. The molecule has 0 fully saturated rings. The van der Waals surface area contributed by atoms with Gasteiger partial charge in [0.2, 0.25) is 0 Å². The number of carbonyl (C=O) groups is 1. The fourth-order valence-corrected chi connectivity index (χ4v) is 1.32. The molecule has 0 aromatic heterocycles. The van der Waals surface area contributed by atoms with Crippen LogP contribution >= 0.6 is 0 Å². The molecule has 1 aromatic carbocycles. The molecule has 0 spiro atoms. The summed E-state index contributed by atoms with van der Waals surface area (Å²) in [6.45, 7) is 3.63. The minimum absolute atomic E-state index is 0.621. The predicted molar refractivity (Wildman–Crippen MR) is 58.2 cm³/mol. The second-order valence-corrected chi connectivity index (χ2v) is 3.50. The molecular weight excluding hydrogens is 192 g/mol. The van der Waals surface area contributed by atoms with Gasteiger partial charge in [-0.05, 0) is 31.0 Å². The first-order valence-electron chi connectivity index (χ1n) is 5.12. The van der Waals surface area contributed by atoms with Crippen LogP contribution in [0.2, 0.25) is 0 Å². The van der Waals surface area contributed by atoms with Crippen LogP contribution in [0.3, 0.4) is 0 Å². The third-order valence-electron chi connectivity index (χ3n) is 2.10. The lowest BCUT2D eigenvalue weighted by molar-refractivity contribution is -0.144. The van der Waals surface area contributed by atoms with Gasteiger partial charge in [0.05, 0.1) is 0 Å².